The maximum atomic E-state index is 12.7. The van der Waals surface area contributed by atoms with Crippen LogP contribution in [0.4, 0.5) is 0 Å². The van der Waals surface area contributed by atoms with E-state index in [-0.39, 0.29) is 5.78 Å². The normalized spacial score (nSPS) is 30.3. The predicted octanol–water partition coefficient (Wildman–Crippen LogP) is 3.38. The Morgan fingerprint density at radius 2 is 2.18 bits per heavy atom. The number of ketones is 1. The van der Waals surface area contributed by atoms with Crippen LogP contribution in [0.5, 0.6) is 0 Å². The second kappa shape index (κ2) is 5.32. The number of aliphatic hydroxyl groups is 1. The van der Waals surface area contributed by atoms with E-state index in [2.05, 4.69) is 12.6 Å². The van der Waals surface area contributed by atoms with Crippen molar-refractivity contribution in [1.29, 1.82) is 0 Å². The molecule has 0 aromatic heterocycles. The summed E-state index contributed by atoms with van der Waals surface area (Å²) in [5.74, 6) is 0.179. The topological polar surface area (TPSA) is 46.5 Å². The Bertz CT molecular complexity index is 634. The van der Waals surface area contributed by atoms with Gasteiger partial charge in [0.25, 0.3) is 0 Å². The first-order chi connectivity index (χ1) is 10.4. The maximum absolute atomic E-state index is 12.7. The minimum absolute atomic E-state index is 0.179. The highest BCUT2D eigenvalue weighted by Crippen LogP contribution is 2.61. The number of allylic oxidation sites excluding steroid dienone is 1. The summed E-state index contributed by atoms with van der Waals surface area (Å²) < 4.78 is 5.14. The SMILES string of the molecule is C=C1C[C@]2(CCCOC)C(=O)CC[C@]2(O)c2ccc(C)cc21. The molecule has 2 atom stereocenters. The standard InChI is InChI=1S/C19H24O3/c1-13-5-6-16-15(11-13)14(2)12-18(8-4-10-22-3)17(20)7-9-19(16,18)21/h5-6,11,21H,2,4,7-10,12H2,1,3H3/t18-,19+/m1/s1. The lowest BCUT2D eigenvalue weighted by Crippen LogP contribution is -2.48. The van der Waals surface area contributed by atoms with Gasteiger partial charge in [0.2, 0.25) is 0 Å². The van der Waals surface area contributed by atoms with Crippen molar-refractivity contribution in [1.82, 2.24) is 0 Å². The maximum Gasteiger partial charge on any atom is 0.142 e. The molecule has 0 heterocycles. The Hall–Kier alpha value is -1.45. The van der Waals surface area contributed by atoms with Crippen molar-refractivity contribution in [3.05, 3.63) is 41.5 Å². The molecule has 3 heteroatoms. The van der Waals surface area contributed by atoms with Gasteiger partial charge in [0.05, 0.1) is 5.41 Å². The molecule has 22 heavy (non-hydrogen) atoms. The van der Waals surface area contributed by atoms with Crippen molar-refractivity contribution in [3.63, 3.8) is 0 Å². The van der Waals surface area contributed by atoms with Crippen LogP contribution in [-0.4, -0.2) is 24.6 Å². The van der Waals surface area contributed by atoms with Crippen LogP contribution in [0.25, 0.3) is 5.57 Å². The molecular formula is C19H24O3. The second-order valence-electron chi connectivity index (χ2n) is 6.79. The number of carbonyl (C=O) groups excluding carboxylic acids is 1. The first-order valence-corrected chi connectivity index (χ1v) is 7.98. The van der Waals surface area contributed by atoms with E-state index >= 15 is 0 Å². The van der Waals surface area contributed by atoms with Crippen LogP contribution in [0.1, 0.15) is 48.8 Å². The third kappa shape index (κ3) is 1.99. The molecule has 1 aromatic rings. The summed E-state index contributed by atoms with van der Waals surface area (Å²) in [4.78, 5) is 12.7. The number of carbonyl (C=O) groups is 1. The van der Waals surface area contributed by atoms with Crippen LogP contribution in [0, 0.1) is 12.3 Å². The second-order valence-corrected chi connectivity index (χ2v) is 6.79. The van der Waals surface area contributed by atoms with E-state index in [1.54, 1.807) is 7.11 Å². The Morgan fingerprint density at radius 3 is 2.91 bits per heavy atom. The molecule has 0 bridgehead atoms. The molecule has 1 fully saturated rings. The number of benzene rings is 1. The number of hydrogen-bond acceptors (Lipinski definition) is 3. The van der Waals surface area contributed by atoms with Crippen LogP contribution < -0.4 is 0 Å². The van der Waals surface area contributed by atoms with Gasteiger partial charge >= 0.3 is 0 Å². The Balaban J connectivity index is 2.10. The number of rotatable bonds is 4. The highest BCUT2D eigenvalue weighted by molar-refractivity contribution is 5.93. The van der Waals surface area contributed by atoms with Gasteiger partial charge in [-0.1, -0.05) is 30.3 Å². The molecule has 2 aliphatic rings. The number of methoxy groups -OCH3 is 1. The van der Waals surface area contributed by atoms with Gasteiger partial charge in [0.1, 0.15) is 11.4 Å². The number of Topliss-reactive ketones (excluding diaryl/α,β-unsaturated/α-hetero) is 1. The minimum Gasteiger partial charge on any atom is -0.385 e. The fraction of sp³-hybridized carbons (Fsp3) is 0.526. The molecule has 2 aliphatic carbocycles. The number of fused-ring (bicyclic) bond motifs is 3. The van der Waals surface area contributed by atoms with E-state index < -0.39 is 11.0 Å². The summed E-state index contributed by atoms with van der Waals surface area (Å²) in [6.45, 7) is 6.85. The zero-order valence-electron chi connectivity index (χ0n) is 13.4. The van der Waals surface area contributed by atoms with Crippen LogP contribution in [0.2, 0.25) is 0 Å². The quantitative estimate of drug-likeness (QED) is 0.867. The molecule has 3 nitrogen and oxygen atoms in total. The lowest BCUT2D eigenvalue weighted by molar-refractivity contribution is -0.140. The molecule has 118 valence electrons. The summed E-state index contributed by atoms with van der Waals surface area (Å²) in [6.07, 6.45) is 2.95. The van der Waals surface area contributed by atoms with Gasteiger partial charge < -0.3 is 9.84 Å². The highest BCUT2D eigenvalue weighted by Gasteiger charge is 2.62. The third-order valence-electron chi connectivity index (χ3n) is 5.51. The van der Waals surface area contributed by atoms with Crippen molar-refractivity contribution in [2.75, 3.05) is 13.7 Å². The van der Waals surface area contributed by atoms with Crippen LogP contribution >= 0.6 is 0 Å². The molecule has 0 spiro atoms. The monoisotopic (exact) mass is 300 g/mol. The minimum atomic E-state index is -1.05. The molecular weight excluding hydrogens is 276 g/mol. The van der Waals surface area contributed by atoms with Crippen molar-refractivity contribution < 1.29 is 14.6 Å². The predicted molar refractivity (Wildman–Crippen MR) is 86.5 cm³/mol. The van der Waals surface area contributed by atoms with E-state index in [0.29, 0.717) is 32.3 Å². The van der Waals surface area contributed by atoms with Crippen LogP contribution in [0.15, 0.2) is 24.8 Å². The molecule has 0 unspecified atom stereocenters. The van der Waals surface area contributed by atoms with E-state index in [1.165, 1.54) is 0 Å². The number of hydrogen-bond donors (Lipinski definition) is 1. The molecule has 3 rings (SSSR count). The summed E-state index contributed by atoms with van der Waals surface area (Å²) in [6, 6.07) is 6.08. The van der Waals surface area contributed by atoms with Gasteiger partial charge in [-0.15, -0.1) is 0 Å². The zero-order valence-corrected chi connectivity index (χ0v) is 13.4. The van der Waals surface area contributed by atoms with Crippen molar-refractivity contribution in [2.24, 2.45) is 5.41 Å². The average Bonchev–Trinajstić information content (AvgIpc) is 2.74. The smallest absolute Gasteiger partial charge is 0.142 e. The van der Waals surface area contributed by atoms with Gasteiger partial charge in [-0.2, -0.15) is 0 Å². The molecule has 0 aliphatic heterocycles. The molecule has 1 aromatic carbocycles. The summed E-state index contributed by atoms with van der Waals surface area (Å²) in [5, 5.41) is 11.5. The summed E-state index contributed by atoms with van der Waals surface area (Å²) in [7, 11) is 1.66. The van der Waals surface area contributed by atoms with Crippen LogP contribution in [-0.2, 0) is 15.1 Å². The van der Waals surface area contributed by atoms with Gasteiger partial charge in [0.15, 0.2) is 0 Å². The highest BCUT2D eigenvalue weighted by atomic mass is 16.5. The van der Waals surface area contributed by atoms with E-state index in [9.17, 15) is 9.90 Å². The van der Waals surface area contributed by atoms with E-state index in [4.69, 9.17) is 4.74 Å². The fourth-order valence-corrected chi connectivity index (χ4v) is 4.36. The zero-order chi connectivity index (χ0) is 16.0. The lowest BCUT2D eigenvalue weighted by atomic mass is 9.59. The number of ether oxygens (including phenoxy) is 1. The Labute approximate surface area is 132 Å². The summed E-state index contributed by atoms with van der Waals surface area (Å²) >= 11 is 0. The van der Waals surface area contributed by atoms with Crippen molar-refractivity contribution in [3.8, 4) is 0 Å². The Morgan fingerprint density at radius 1 is 1.41 bits per heavy atom. The molecule has 0 amide bonds. The molecule has 1 saturated carbocycles. The first kappa shape index (κ1) is 15.4. The van der Waals surface area contributed by atoms with Gasteiger partial charge in [-0.3, -0.25) is 4.79 Å². The average molecular weight is 300 g/mol. The lowest BCUT2D eigenvalue weighted by Gasteiger charge is -2.47. The number of aryl methyl sites for hydroxylation is 1. The largest absolute Gasteiger partial charge is 0.385 e. The van der Waals surface area contributed by atoms with Gasteiger partial charge in [-0.25, -0.2) is 0 Å². The molecule has 1 N–H and O–H groups in total. The van der Waals surface area contributed by atoms with Crippen molar-refractivity contribution >= 4 is 11.4 Å². The molecule has 0 radical (unpaired) electrons. The first-order valence-electron chi connectivity index (χ1n) is 7.98. The third-order valence-corrected chi connectivity index (χ3v) is 5.51. The van der Waals surface area contributed by atoms with Gasteiger partial charge in [-0.05, 0) is 49.3 Å². The molecule has 0 saturated heterocycles. The Kier molecular flexibility index (Phi) is 3.74. The van der Waals surface area contributed by atoms with Crippen molar-refractivity contribution in [2.45, 2.75) is 44.6 Å². The van der Waals surface area contributed by atoms with E-state index in [0.717, 1.165) is 28.7 Å². The van der Waals surface area contributed by atoms with Gasteiger partial charge in [0, 0.05) is 20.1 Å². The summed E-state index contributed by atoms with van der Waals surface area (Å²) in [5.41, 5.74) is 2.26. The van der Waals surface area contributed by atoms with E-state index in [1.807, 2.05) is 19.1 Å². The van der Waals surface area contributed by atoms with Crippen LogP contribution in [0.3, 0.4) is 0 Å². The fourth-order valence-electron chi connectivity index (χ4n) is 4.36.